The second kappa shape index (κ2) is 5.80. The largest absolute Gasteiger partial charge is 0.481 e. The highest BCUT2D eigenvalue weighted by Crippen LogP contribution is 2.37. The summed E-state index contributed by atoms with van der Waals surface area (Å²) in [6.07, 6.45) is 0.717. The van der Waals surface area contributed by atoms with E-state index in [1.807, 2.05) is 0 Å². The Kier molecular flexibility index (Phi) is 4.71. The van der Waals surface area contributed by atoms with E-state index in [1.165, 1.54) is 15.6 Å². The Hall–Kier alpha value is 0.0400. The first-order valence-corrected chi connectivity index (χ1v) is 9.34. The van der Waals surface area contributed by atoms with Crippen LogP contribution >= 0.6 is 43.2 Å². The fourth-order valence-electron chi connectivity index (χ4n) is 1.98. The number of carbonyl (C=O) groups is 1. The molecule has 0 bridgehead atoms. The average Bonchev–Trinajstić information content (AvgIpc) is 2.69. The van der Waals surface area contributed by atoms with Crippen molar-refractivity contribution in [2.45, 2.75) is 17.7 Å². The molecule has 106 valence electrons. The topological polar surface area (TPSA) is 74.7 Å². The maximum Gasteiger partial charge on any atom is 0.306 e. The summed E-state index contributed by atoms with van der Waals surface area (Å²) in [5.74, 6) is -1.29. The molecule has 2 heterocycles. The van der Waals surface area contributed by atoms with Gasteiger partial charge in [0.15, 0.2) is 0 Å². The number of aliphatic carboxylic acids is 1. The van der Waals surface area contributed by atoms with Crippen molar-refractivity contribution in [3.63, 3.8) is 0 Å². The Labute approximate surface area is 131 Å². The molecule has 0 unspecified atom stereocenters. The normalized spacial score (nSPS) is 18.6. The van der Waals surface area contributed by atoms with E-state index in [0.29, 0.717) is 16.6 Å². The third kappa shape index (κ3) is 3.21. The van der Waals surface area contributed by atoms with Crippen molar-refractivity contribution in [2.75, 3.05) is 13.1 Å². The summed E-state index contributed by atoms with van der Waals surface area (Å²) < 4.78 is 27.5. The molecule has 0 aliphatic carbocycles. The monoisotopic (exact) mass is 431 g/mol. The maximum absolute atomic E-state index is 12.4. The molecule has 1 aliphatic rings. The molecule has 0 atom stereocenters. The van der Waals surface area contributed by atoms with Crippen LogP contribution in [0.15, 0.2) is 18.5 Å². The van der Waals surface area contributed by atoms with Crippen LogP contribution in [0.1, 0.15) is 12.8 Å². The van der Waals surface area contributed by atoms with E-state index in [4.69, 9.17) is 5.11 Å². The molecule has 0 aromatic carbocycles. The molecule has 2 rings (SSSR count). The molecule has 1 aromatic rings. The number of hydrogen-bond acceptors (Lipinski definition) is 4. The smallest absolute Gasteiger partial charge is 0.306 e. The van der Waals surface area contributed by atoms with Crippen LogP contribution in [0.4, 0.5) is 0 Å². The van der Waals surface area contributed by atoms with E-state index in [-0.39, 0.29) is 18.0 Å². The molecule has 0 radical (unpaired) electrons. The minimum absolute atomic E-state index is 0.234. The lowest BCUT2D eigenvalue weighted by molar-refractivity contribution is -0.142. The van der Waals surface area contributed by atoms with Crippen molar-refractivity contribution in [1.29, 1.82) is 0 Å². The number of carboxylic acid groups (broad SMARTS) is 1. The van der Waals surface area contributed by atoms with Crippen molar-refractivity contribution in [2.24, 2.45) is 5.92 Å². The van der Waals surface area contributed by atoms with E-state index in [2.05, 4.69) is 31.9 Å². The molecular weight excluding hydrogens is 422 g/mol. The van der Waals surface area contributed by atoms with Crippen LogP contribution in [0.3, 0.4) is 0 Å². The van der Waals surface area contributed by atoms with Crippen molar-refractivity contribution in [3.8, 4) is 0 Å². The highest BCUT2D eigenvalue weighted by molar-refractivity contribution is 9.12. The first-order chi connectivity index (χ1) is 8.82. The lowest BCUT2D eigenvalue weighted by atomic mass is 9.99. The molecule has 19 heavy (non-hydrogen) atoms. The molecule has 0 saturated carbocycles. The number of rotatable bonds is 3. The predicted molar refractivity (Wildman–Crippen MR) is 78.8 cm³/mol. The Balaban J connectivity index is 2.19. The molecule has 1 aliphatic heterocycles. The van der Waals surface area contributed by atoms with Gasteiger partial charge in [0.2, 0.25) is 10.0 Å². The van der Waals surface area contributed by atoms with Crippen LogP contribution in [-0.2, 0) is 14.8 Å². The number of piperidine rings is 1. The van der Waals surface area contributed by atoms with Gasteiger partial charge in [0.1, 0.15) is 4.90 Å². The Morgan fingerprint density at radius 2 is 1.95 bits per heavy atom. The zero-order chi connectivity index (χ0) is 14.2. The summed E-state index contributed by atoms with van der Waals surface area (Å²) in [6, 6.07) is 1.56. The van der Waals surface area contributed by atoms with Crippen molar-refractivity contribution in [3.05, 3.63) is 13.6 Å². The summed E-state index contributed by atoms with van der Waals surface area (Å²) in [7, 11) is -3.55. The number of sulfonamides is 1. The highest BCUT2D eigenvalue weighted by atomic mass is 79.9. The fourth-order valence-corrected chi connectivity index (χ4v) is 7.21. The van der Waals surface area contributed by atoms with E-state index in [9.17, 15) is 13.2 Å². The van der Waals surface area contributed by atoms with Gasteiger partial charge in [-0.25, -0.2) is 8.42 Å². The Morgan fingerprint density at radius 1 is 1.37 bits per heavy atom. The lowest BCUT2D eigenvalue weighted by Gasteiger charge is -2.29. The fraction of sp³-hybridized carbons (Fsp3) is 0.500. The SMILES string of the molecule is O=C(O)C1CCN(S(=O)(=O)c2cc(Br)sc2Br)CC1. The predicted octanol–water partition coefficient (Wildman–Crippen LogP) is 2.76. The van der Waals surface area contributed by atoms with E-state index in [1.54, 1.807) is 6.07 Å². The second-order valence-electron chi connectivity index (χ2n) is 4.21. The molecule has 1 saturated heterocycles. The standard InChI is InChI=1S/C10H11Br2NO4S2/c11-8-5-7(9(12)18-8)19(16,17)13-3-1-6(2-4-13)10(14)15/h5-6H,1-4H2,(H,14,15). The molecule has 0 amide bonds. The van der Waals surface area contributed by atoms with Gasteiger partial charge < -0.3 is 5.11 Å². The average molecular weight is 433 g/mol. The van der Waals surface area contributed by atoms with Gasteiger partial charge in [-0.05, 0) is 50.8 Å². The number of carboxylic acids is 1. The highest BCUT2D eigenvalue weighted by Gasteiger charge is 2.33. The zero-order valence-electron chi connectivity index (χ0n) is 9.67. The number of thiophene rings is 1. The molecule has 1 N–H and O–H groups in total. The molecule has 1 fully saturated rings. The summed E-state index contributed by atoms with van der Waals surface area (Å²) in [6.45, 7) is 0.498. The summed E-state index contributed by atoms with van der Waals surface area (Å²) in [5.41, 5.74) is 0. The first-order valence-electron chi connectivity index (χ1n) is 5.50. The van der Waals surface area contributed by atoms with Crippen molar-refractivity contribution < 1.29 is 18.3 Å². The molecule has 5 nitrogen and oxygen atoms in total. The van der Waals surface area contributed by atoms with Gasteiger partial charge >= 0.3 is 5.97 Å². The van der Waals surface area contributed by atoms with Crippen LogP contribution in [0.5, 0.6) is 0 Å². The number of hydrogen-bond donors (Lipinski definition) is 1. The Bertz CT molecular complexity index is 591. The number of halogens is 2. The summed E-state index contributed by atoms with van der Waals surface area (Å²) >= 11 is 7.80. The Morgan fingerprint density at radius 3 is 2.37 bits per heavy atom. The van der Waals surface area contributed by atoms with Crippen LogP contribution in [0.2, 0.25) is 0 Å². The van der Waals surface area contributed by atoms with Gasteiger partial charge in [0, 0.05) is 13.1 Å². The number of nitrogens with zero attached hydrogens (tertiary/aromatic N) is 1. The van der Waals surface area contributed by atoms with Crippen LogP contribution < -0.4 is 0 Å². The third-order valence-corrected chi connectivity index (χ3v) is 7.70. The summed E-state index contributed by atoms with van der Waals surface area (Å²) in [5, 5.41) is 8.91. The lowest BCUT2D eigenvalue weighted by Crippen LogP contribution is -2.40. The minimum Gasteiger partial charge on any atom is -0.481 e. The van der Waals surface area contributed by atoms with Gasteiger partial charge in [-0.1, -0.05) is 0 Å². The van der Waals surface area contributed by atoms with Gasteiger partial charge in [-0.3, -0.25) is 4.79 Å². The van der Waals surface area contributed by atoms with Crippen LogP contribution in [0.25, 0.3) is 0 Å². The van der Waals surface area contributed by atoms with Crippen molar-refractivity contribution in [1.82, 2.24) is 4.31 Å². The van der Waals surface area contributed by atoms with E-state index in [0.717, 1.165) is 3.79 Å². The zero-order valence-corrected chi connectivity index (χ0v) is 14.5. The molecule has 1 aromatic heterocycles. The maximum atomic E-state index is 12.4. The molecular formula is C10H11Br2NO4S2. The van der Waals surface area contributed by atoms with Gasteiger partial charge in [0.25, 0.3) is 0 Å². The minimum atomic E-state index is -3.55. The van der Waals surface area contributed by atoms with Crippen molar-refractivity contribution >= 4 is 59.2 Å². The first kappa shape index (κ1) is 15.4. The van der Waals surface area contributed by atoms with Crippen LogP contribution in [-0.4, -0.2) is 36.9 Å². The van der Waals surface area contributed by atoms with E-state index >= 15 is 0 Å². The van der Waals surface area contributed by atoms with E-state index < -0.39 is 21.9 Å². The third-order valence-electron chi connectivity index (χ3n) is 3.05. The second-order valence-corrected chi connectivity index (χ2v) is 9.86. The summed E-state index contributed by atoms with van der Waals surface area (Å²) in [4.78, 5) is 11.1. The van der Waals surface area contributed by atoms with Gasteiger partial charge in [-0.2, -0.15) is 4.31 Å². The van der Waals surface area contributed by atoms with Gasteiger partial charge in [0.05, 0.1) is 13.5 Å². The molecule has 9 heteroatoms. The molecule has 0 spiro atoms. The quantitative estimate of drug-likeness (QED) is 0.796. The van der Waals surface area contributed by atoms with Crippen LogP contribution in [0, 0.1) is 5.92 Å². The van der Waals surface area contributed by atoms with Gasteiger partial charge in [-0.15, -0.1) is 11.3 Å².